The van der Waals surface area contributed by atoms with Gasteiger partial charge in [-0.15, -0.1) is 0 Å². The van der Waals surface area contributed by atoms with E-state index in [2.05, 4.69) is 25.4 Å². The molecule has 2 aromatic rings. The zero-order valence-electron chi connectivity index (χ0n) is 16.8. The summed E-state index contributed by atoms with van der Waals surface area (Å²) in [6.07, 6.45) is 8.05. The molecule has 4 saturated carbocycles. The molecule has 3 N–H and O–H groups in total. The Morgan fingerprint density at radius 3 is 2.10 bits per heavy atom. The first-order chi connectivity index (χ1) is 13.9. The molecule has 0 aliphatic heterocycles. The highest BCUT2D eigenvalue weighted by atomic mass is 32.2. The molecule has 7 nitrogen and oxygen atoms in total. The Bertz CT molecular complexity index is 947. The van der Waals surface area contributed by atoms with E-state index < -0.39 is 10.0 Å². The number of rotatable bonds is 7. The largest absolute Gasteiger partial charge is 0.305 e. The van der Waals surface area contributed by atoms with E-state index in [0.717, 1.165) is 29.0 Å². The highest BCUT2D eigenvalue weighted by Gasteiger charge is 2.50. The van der Waals surface area contributed by atoms with Gasteiger partial charge in [0.1, 0.15) is 11.4 Å². The van der Waals surface area contributed by atoms with Crippen LogP contribution in [0, 0.1) is 24.7 Å². The lowest BCUT2D eigenvalue weighted by Gasteiger charge is -2.57. The van der Waals surface area contributed by atoms with E-state index >= 15 is 0 Å². The summed E-state index contributed by atoms with van der Waals surface area (Å²) in [5, 5.41) is 14.9. The van der Waals surface area contributed by atoms with E-state index in [1.165, 1.54) is 38.5 Å². The molecular weight excluding hydrogens is 386 g/mol. The lowest BCUT2D eigenvalue weighted by atomic mass is 9.53. The van der Waals surface area contributed by atoms with Gasteiger partial charge >= 0.3 is 0 Å². The van der Waals surface area contributed by atoms with Crippen molar-refractivity contribution in [1.29, 1.82) is 0 Å². The number of hydrogen-bond acceptors (Lipinski definition) is 5. The average Bonchev–Trinajstić information content (AvgIpc) is 3.12. The summed E-state index contributed by atoms with van der Waals surface area (Å²) in [6, 6.07) is 6.84. The first kappa shape index (κ1) is 19.2. The van der Waals surface area contributed by atoms with Crippen LogP contribution in [-0.2, 0) is 23.1 Å². The Hall–Kier alpha value is -1.77. The van der Waals surface area contributed by atoms with Gasteiger partial charge in [0.2, 0.25) is 10.0 Å². The molecule has 8 heteroatoms. The fourth-order valence-corrected chi connectivity index (χ4v) is 7.11. The van der Waals surface area contributed by atoms with Gasteiger partial charge in [-0.2, -0.15) is 15.4 Å². The zero-order valence-corrected chi connectivity index (χ0v) is 17.6. The van der Waals surface area contributed by atoms with E-state index in [0.29, 0.717) is 12.2 Å². The van der Waals surface area contributed by atoms with Crippen LogP contribution >= 0.6 is 0 Å². The van der Waals surface area contributed by atoms with Crippen LogP contribution in [0.25, 0.3) is 0 Å². The smallest absolute Gasteiger partial charge is 0.240 e. The standard InChI is InChI=1S/C21H29N5O2S/c1-14-2-4-18(5-3-14)29(27,28)23-13-20-19(24-26-25-20)12-22-21-9-15-6-16(10-21)8-17(7-15)11-21/h2-5,15-17,22-23H,6-13H2,1H3,(H,24,25,26). The van der Waals surface area contributed by atoms with Gasteiger partial charge in [0, 0.05) is 12.1 Å². The van der Waals surface area contributed by atoms with Crippen LogP contribution in [0.3, 0.4) is 0 Å². The van der Waals surface area contributed by atoms with Crippen molar-refractivity contribution in [3.05, 3.63) is 41.2 Å². The number of hydrogen-bond donors (Lipinski definition) is 3. The molecule has 0 unspecified atom stereocenters. The molecule has 4 aliphatic carbocycles. The molecule has 4 bridgehead atoms. The zero-order chi connectivity index (χ0) is 20.1. The van der Waals surface area contributed by atoms with Crippen molar-refractivity contribution in [2.45, 2.75) is 69.0 Å². The maximum atomic E-state index is 12.6. The van der Waals surface area contributed by atoms with Crippen molar-refractivity contribution in [3.63, 3.8) is 0 Å². The number of nitrogens with one attached hydrogen (secondary N) is 3. The molecule has 0 radical (unpaired) electrons. The summed E-state index contributed by atoms with van der Waals surface area (Å²) in [5.74, 6) is 2.64. The SMILES string of the molecule is Cc1ccc(S(=O)(=O)NCc2n[nH]nc2CNC23CC4CC(CC(C4)C2)C3)cc1. The molecular formula is C21H29N5O2S. The van der Waals surface area contributed by atoms with Gasteiger partial charge in [-0.25, -0.2) is 13.1 Å². The Balaban J connectivity index is 1.23. The topological polar surface area (TPSA) is 99.8 Å². The fourth-order valence-electron chi connectivity index (χ4n) is 6.12. The lowest BCUT2D eigenvalue weighted by Crippen LogP contribution is -2.58. The lowest BCUT2D eigenvalue weighted by molar-refractivity contribution is -0.0207. The number of sulfonamides is 1. The van der Waals surface area contributed by atoms with Gasteiger partial charge in [-0.1, -0.05) is 17.7 Å². The summed E-state index contributed by atoms with van der Waals surface area (Å²) >= 11 is 0. The van der Waals surface area contributed by atoms with E-state index in [4.69, 9.17) is 0 Å². The number of aryl methyl sites for hydroxylation is 1. The molecule has 0 spiro atoms. The third kappa shape index (κ3) is 3.85. The second-order valence-electron chi connectivity index (χ2n) is 9.41. The van der Waals surface area contributed by atoms with Gasteiger partial charge in [0.15, 0.2) is 0 Å². The van der Waals surface area contributed by atoms with Crippen LogP contribution in [0.5, 0.6) is 0 Å². The van der Waals surface area contributed by atoms with Crippen LogP contribution in [0.1, 0.15) is 55.5 Å². The second kappa shape index (κ2) is 7.18. The molecule has 4 fully saturated rings. The fraction of sp³-hybridized carbons (Fsp3) is 0.619. The first-order valence-corrected chi connectivity index (χ1v) is 12.1. The average molecular weight is 416 g/mol. The quantitative estimate of drug-likeness (QED) is 0.646. The molecule has 0 atom stereocenters. The maximum absolute atomic E-state index is 12.6. The minimum absolute atomic E-state index is 0.130. The van der Waals surface area contributed by atoms with Gasteiger partial charge in [-0.05, 0) is 75.3 Å². The second-order valence-corrected chi connectivity index (χ2v) is 11.2. The van der Waals surface area contributed by atoms with E-state index in [1.54, 1.807) is 24.3 Å². The highest BCUT2D eigenvalue weighted by molar-refractivity contribution is 7.89. The van der Waals surface area contributed by atoms with Crippen molar-refractivity contribution < 1.29 is 8.42 Å². The Morgan fingerprint density at radius 1 is 0.966 bits per heavy atom. The van der Waals surface area contributed by atoms with Crippen molar-refractivity contribution in [2.75, 3.05) is 0 Å². The Labute approximate surface area is 172 Å². The summed E-state index contributed by atoms with van der Waals surface area (Å²) in [4.78, 5) is 0.264. The minimum atomic E-state index is -3.57. The minimum Gasteiger partial charge on any atom is -0.305 e. The summed E-state index contributed by atoms with van der Waals surface area (Å²) in [7, 11) is -3.57. The van der Waals surface area contributed by atoms with Crippen LogP contribution in [0.2, 0.25) is 0 Å². The third-order valence-corrected chi connectivity index (χ3v) is 8.55. The van der Waals surface area contributed by atoms with Gasteiger partial charge in [0.25, 0.3) is 0 Å². The molecule has 1 heterocycles. The van der Waals surface area contributed by atoms with E-state index in [-0.39, 0.29) is 17.0 Å². The molecule has 0 saturated heterocycles. The van der Waals surface area contributed by atoms with Gasteiger partial charge in [-0.3, -0.25) is 0 Å². The van der Waals surface area contributed by atoms with Crippen LogP contribution in [0.15, 0.2) is 29.2 Å². The van der Waals surface area contributed by atoms with Crippen LogP contribution in [-0.4, -0.2) is 29.4 Å². The summed E-state index contributed by atoms with van der Waals surface area (Å²) in [6.45, 7) is 2.69. The monoisotopic (exact) mass is 415 g/mol. The summed E-state index contributed by atoms with van der Waals surface area (Å²) in [5.41, 5.74) is 2.72. The molecule has 6 rings (SSSR count). The number of aromatic nitrogens is 3. The van der Waals surface area contributed by atoms with Crippen LogP contribution < -0.4 is 10.0 Å². The van der Waals surface area contributed by atoms with E-state index in [9.17, 15) is 8.42 Å². The highest BCUT2D eigenvalue weighted by Crippen LogP contribution is 2.55. The molecule has 1 aromatic heterocycles. The number of aromatic amines is 1. The molecule has 156 valence electrons. The third-order valence-electron chi connectivity index (χ3n) is 7.13. The summed E-state index contributed by atoms with van der Waals surface area (Å²) < 4.78 is 27.8. The van der Waals surface area contributed by atoms with Crippen molar-refractivity contribution in [3.8, 4) is 0 Å². The number of H-pyrrole nitrogens is 1. The first-order valence-electron chi connectivity index (χ1n) is 10.6. The Kier molecular flexibility index (Phi) is 4.75. The molecule has 0 amide bonds. The van der Waals surface area contributed by atoms with Crippen LogP contribution in [0.4, 0.5) is 0 Å². The van der Waals surface area contributed by atoms with Crippen molar-refractivity contribution >= 4 is 10.0 Å². The number of nitrogens with zero attached hydrogens (tertiary/aromatic N) is 2. The maximum Gasteiger partial charge on any atom is 0.240 e. The van der Waals surface area contributed by atoms with Crippen molar-refractivity contribution in [2.24, 2.45) is 17.8 Å². The predicted molar refractivity (Wildman–Crippen MR) is 109 cm³/mol. The molecule has 4 aliphatic rings. The molecule has 29 heavy (non-hydrogen) atoms. The normalized spacial score (nSPS) is 30.7. The predicted octanol–water partition coefficient (Wildman–Crippen LogP) is 2.65. The van der Waals surface area contributed by atoms with Crippen molar-refractivity contribution in [1.82, 2.24) is 25.4 Å². The van der Waals surface area contributed by atoms with Gasteiger partial charge < -0.3 is 5.32 Å². The molecule has 1 aromatic carbocycles. The Morgan fingerprint density at radius 2 is 1.52 bits per heavy atom. The van der Waals surface area contributed by atoms with E-state index in [1.807, 2.05) is 6.92 Å². The van der Waals surface area contributed by atoms with Gasteiger partial charge in [0.05, 0.1) is 11.4 Å². The number of benzene rings is 1.